The van der Waals surface area contributed by atoms with Gasteiger partial charge in [-0.3, -0.25) is 4.72 Å². The highest BCUT2D eigenvalue weighted by atomic mass is 32.2. The summed E-state index contributed by atoms with van der Waals surface area (Å²) in [6.07, 6.45) is 0.838. The highest BCUT2D eigenvalue weighted by Crippen LogP contribution is 2.31. The maximum atomic E-state index is 14.0. The van der Waals surface area contributed by atoms with E-state index in [1.165, 1.54) is 19.1 Å². The number of pyridine rings is 1. The Labute approximate surface area is 164 Å². The second-order valence-corrected chi connectivity index (χ2v) is 7.53. The van der Waals surface area contributed by atoms with Crippen molar-refractivity contribution in [1.29, 1.82) is 5.26 Å². The molecule has 3 aromatic rings. The van der Waals surface area contributed by atoms with E-state index in [-0.39, 0.29) is 27.6 Å². The first kappa shape index (κ1) is 20.2. The van der Waals surface area contributed by atoms with Crippen molar-refractivity contribution in [2.45, 2.75) is 11.8 Å². The van der Waals surface area contributed by atoms with Gasteiger partial charge in [-0.1, -0.05) is 6.07 Å². The number of rotatable bonds is 5. The number of hydrogen-bond donors (Lipinski definition) is 1. The maximum absolute atomic E-state index is 14.0. The van der Waals surface area contributed by atoms with E-state index >= 15 is 0 Å². The summed E-state index contributed by atoms with van der Waals surface area (Å²) in [6.45, 7) is 1.38. The zero-order valence-corrected chi connectivity index (χ0v) is 15.6. The van der Waals surface area contributed by atoms with Crippen molar-refractivity contribution < 1.29 is 26.3 Å². The molecular formula is C19H12F3N3O3S. The van der Waals surface area contributed by atoms with Gasteiger partial charge in [-0.15, -0.1) is 0 Å². The van der Waals surface area contributed by atoms with Gasteiger partial charge in [0.2, 0.25) is 5.82 Å². The Hall–Kier alpha value is -3.58. The van der Waals surface area contributed by atoms with Crippen LogP contribution in [0.2, 0.25) is 0 Å². The molecule has 0 atom stereocenters. The molecule has 1 N–H and O–H groups in total. The fraction of sp³-hybridized carbons (Fsp3) is 0.0526. The summed E-state index contributed by atoms with van der Waals surface area (Å²) >= 11 is 0. The topological polar surface area (TPSA) is 92.1 Å². The molecule has 6 nitrogen and oxygen atoms in total. The van der Waals surface area contributed by atoms with Crippen LogP contribution in [-0.4, -0.2) is 13.4 Å². The SMILES string of the molecule is Cc1ccc(Oc2ccc(S(=O)(=O)Nc3ccc(F)cn3)cc2C#N)c(F)c1F. The van der Waals surface area contributed by atoms with Gasteiger partial charge in [-0.25, -0.2) is 22.2 Å². The number of nitrogens with zero attached hydrogens (tertiary/aromatic N) is 2. The maximum Gasteiger partial charge on any atom is 0.263 e. The second-order valence-electron chi connectivity index (χ2n) is 5.85. The third-order valence-corrected chi connectivity index (χ3v) is 5.16. The molecule has 0 aliphatic carbocycles. The van der Waals surface area contributed by atoms with E-state index in [4.69, 9.17) is 4.74 Å². The number of sulfonamides is 1. The molecule has 10 heteroatoms. The number of aryl methyl sites for hydroxylation is 1. The molecule has 0 saturated carbocycles. The molecule has 0 saturated heterocycles. The number of halogens is 3. The predicted molar refractivity (Wildman–Crippen MR) is 97.3 cm³/mol. The van der Waals surface area contributed by atoms with Crippen LogP contribution < -0.4 is 9.46 Å². The van der Waals surface area contributed by atoms with Crippen LogP contribution in [-0.2, 0) is 10.0 Å². The van der Waals surface area contributed by atoms with Crippen LogP contribution in [0, 0.1) is 35.7 Å². The molecule has 148 valence electrons. The van der Waals surface area contributed by atoms with Gasteiger partial charge in [-0.2, -0.15) is 9.65 Å². The number of nitriles is 1. The van der Waals surface area contributed by atoms with Crippen LogP contribution in [0.4, 0.5) is 19.0 Å². The van der Waals surface area contributed by atoms with Crippen LogP contribution >= 0.6 is 0 Å². The quantitative estimate of drug-likeness (QED) is 0.667. The lowest BCUT2D eigenvalue weighted by Gasteiger charge is -2.12. The minimum Gasteiger partial charge on any atom is -0.453 e. The molecule has 0 spiro atoms. The summed E-state index contributed by atoms with van der Waals surface area (Å²) in [5.41, 5.74) is -0.141. The molecule has 0 aliphatic heterocycles. The predicted octanol–water partition coefficient (Wildman–Crippen LogP) is 4.27. The normalized spacial score (nSPS) is 11.0. The molecule has 0 amide bonds. The lowest BCUT2D eigenvalue weighted by atomic mass is 10.2. The average Bonchev–Trinajstić information content (AvgIpc) is 2.70. The monoisotopic (exact) mass is 419 g/mol. The van der Waals surface area contributed by atoms with Gasteiger partial charge in [-0.05, 0) is 48.9 Å². The van der Waals surface area contributed by atoms with Crippen LogP contribution in [0.1, 0.15) is 11.1 Å². The third kappa shape index (κ3) is 4.30. The van der Waals surface area contributed by atoms with E-state index in [0.29, 0.717) is 0 Å². The molecule has 3 rings (SSSR count). The average molecular weight is 419 g/mol. The van der Waals surface area contributed by atoms with Crippen LogP contribution in [0.5, 0.6) is 11.5 Å². The van der Waals surface area contributed by atoms with Gasteiger partial charge in [0.25, 0.3) is 10.0 Å². The first-order valence-corrected chi connectivity index (χ1v) is 9.50. The smallest absolute Gasteiger partial charge is 0.263 e. The zero-order valence-electron chi connectivity index (χ0n) is 14.8. The van der Waals surface area contributed by atoms with Crippen molar-refractivity contribution >= 4 is 15.8 Å². The van der Waals surface area contributed by atoms with E-state index < -0.39 is 33.2 Å². The Bertz CT molecular complexity index is 1220. The van der Waals surface area contributed by atoms with Gasteiger partial charge in [0.1, 0.15) is 23.5 Å². The molecule has 0 bridgehead atoms. The van der Waals surface area contributed by atoms with Crippen molar-refractivity contribution in [1.82, 2.24) is 4.98 Å². The van der Waals surface area contributed by atoms with E-state index in [1.807, 2.05) is 0 Å². The molecule has 0 fully saturated rings. The molecule has 2 aromatic carbocycles. The number of nitrogens with one attached hydrogen (secondary N) is 1. The molecular weight excluding hydrogens is 407 g/mol. The Morgan fingerprint density at radius 1 is 1.03 bits per heavy atom. The second kappa shape index (κ2) is 7.81. The summed E-state index contributed by atoms with van der Waals surface area (Å²) in [5, 5.41) is 9.31. The highest BCUT2D eigenvalue weighted by Gasteiger charge is 2.19. The summed E-state index contributed by atoms with van der Waals surface area (Å²) < 4.78 is 72.9. The fourth-order valence-electron chi connectivity index (χ4n) is 2.31. The van der Waals surface area contributed by atoms with Gasteiger partial charge < -0.3 is 4.74 Å². The molecule has 1 heterocycles. The Balaban J connectivity index is 1.92. The summed E-state index contributed by atoms with van der Waals surface area (Å²) in [6, 6.07) is 9.66. The van der Waals surface area contributed by atoms with E-state index in [1.54, 1.807) is 6.07 Å². The van der Waals surface area contributed by atoms with Crippen molar-refractivity contribution in [3.05, 3.63) is 77.2 Å². The first-order chi connectivity index (χ1) is 13.7. The van der Waals surface area contributed by atoms with Gasteiger partial charge >= 0.3 is 0 Å². The Morgan fingerprint density at radius 3 is 2.41 bits per heavy atom. The third-order valence-electron chi connectivity index (χ3n) is 3.81. The van der Waals surface area contributed by atoms with Crippen molar-refractivity contribution in [3.8, 4) is 17.6 Å². The Morgan fingerprint density at radius 2 is 1.76 bits per heavy atom. The van der Waals surface area contributed by atoms with E-state index in [2.05, 4.69) is 9.71 Å². The largest absolute Gasteiger partial charge is 0.453 e. The minimum atomic E-state index is -4.14. The number of aromatic nitrogens is 1. The highest BCUT2D eigenvalue weighted by molar-refractivity contribution is 7.92. The number of ether oxygens (including phenoxy) is 1. The lowest BCUT2D eigenvalue weighted by molar-refractivity contribution is 0.413. The van der Waals surface area contributed by atoms with Crippen LogP contribution in [0.15, 0.2) is 53.6 Å². The Kier molecular flexibility index (Phi) is 5.43. The van der Waals surface area contributed by atoms with Crippen LogP contribution in [0.3, 0.4) is 0 Å². The zero-order chi connectivity index (χ0) is 21.2. The van der Waals surface area contributed by atoms with Gasteiger partial charge in [0.15, 0.2) is 11.6 Å². The molecule has 1 aromatic heterocycles. The first-order valence-electron chi connectivity index (χ1n) is 8.02. The van der Waals surface area contributed by atoms with Crippen molar-refractivity contribution in [3.63, 3.8) is 0 Å². The van der Waals surface area contributed by atoms with Gasteiger partial charge in [0, 0.05) is 0 Å². The molecule has 29 heavy (non-hydrogen) atoms. The van der Waals surface area contributed by atoms with E-state index in [0.717, 1.165) is 36.5 Å². The summed E-state index contributed by atoms with van der Waals surface area (Å²) in [5.74, 6) is -3.68. The summed E-state index contributed by atoms with van der Waals surface area (Å²) in [7, 11) is -4.14. The molecule has 0 radical (unpaired) electrons. The standard InChI is InChI=1S/C19H12F3N3O3S/c1-11-2-5-16(19(22)18(11)21)28-15-6-4-14(8-12(15)9-23)29(26,27)25-17-7-3-13(20)10-24-17/h2-8,10H,1H3,(H,24,25). The fourth-order valence-corrected chi connectivity index (χ4v) is 3.35. The lowest BCUT2D eigenvalue weighted by Crippen LogP contribution is -2.14. The number of benzene rings is 2. The summed E-state index contributed by atoms with van der Waals surface area (Å²) in [4.78, 5) is 3.30. The van der Waals surface area contributed by atoms with Gasteiger partial charge in [0.05, 0.1) is 16.7 Å². The minimum absolute atomic E-state index is 0.0808. The van der Waals surface area contributed by atoms with Crippen LogP contribution in [0.25, 0.3) is 0 Å². The molecule has 0 aliphatic rings. The molecule has 0 unspecified atom stereocenters. The van der Waals surface area contributed by atoms with Crippen molar-refractivity contribution in [2.24, 2.45) is 0 Å². The van der Waals surface area contributed by atoms with Crippen molar-refractivity contribution in [2.75, 3.05) is 4.72 Å². The number of hydrogen-bond acceptors (Lipinski definition) is 5. The number of anilines is 1. The van der Waals surface area contributed by atoms with E-state index in [9.17, 15) is 26.9 Å².